The Morgan fingerprint density at radius 1 is 1.24 bits per heavy atom. The quantitative estimate of drug-likeness (QED) is 0.940. The van der Waals surface area contributed by atoms with Crippen molar-refractivity contribution in [3.05, 3.63) is 35.0 Å². The van der Waals surface area contributed by atoms with E-state index in [1.807, 2.05) is 19.9 Å². The maximum Gasteiger partial charge on any atom is 0.335 e. The molecule has 0 aliphatic carbocycles. The largest absolute Gasteiger partial charge is 0.478 e. The van der Waals surface area contributed by atoms with Crippen molar-refractivity contribution in [3.8, 4) is 0 Å². The number of fused-ring (bicyclic) bond motifs is 1. The molecular weight excluding hydrogens is 268 g/mol. The highest BCUT2D eigenvalue weighted by Crippen LogP contribution is 2.26. The van der Waals surface area contributed by atoms with E-state index >= 15 is 0 Å². The number of benzene rings is 1. The van der Waals surface area contributed by atoms with Gasteiger partial charge in [0.05, 0.1) is 5.56 Å². The molecule has 0 saturated carbocycles. The topological polar surface area (TPSA) is 62.5 Å². The number of amides is 1. The van der Waals surface area contributed by atoms with Crippen LogP contribution in [0, 0.1) is 13.8 Å². The van der Waals surface area contributed by atoms with Crippen LogP contribution in [0.1, 0.15) is 28.0 Å². The molecule has 0 unspecified atom stereocenters. The highest BCUT2D eigenvalue weighted by atomic mass is 16.4. The van der Waals surface area contributed by atoms with E-state index in [9.17, 15) is 9.59 Å². The van der Waals surface area contributed by atoms with Gasteiger partial charge in [-0.3, -0.25) is 4.79 Å². The summed E-state index contributed by atoms with van der Waals surface area (Å²) in [5, 5.41) is 10.0. The maximum absolute atomic E-state index is 11.7. The third-order valence-electron chi connectivity index (χ3n) is 3.93. The summed E-state index contributed by atoms with van der Waals surface area (Å²) in [6.45, 7) is 4.57. The van der Waals surface area contributed by atoms with Crippen LogP contribution in [-0.4, -0.2) is 40.5 Å². The number of aryl methyl sites for hydroxylation is 2. The summed E-state index contributed by atoms with van der Waals surface area (Å²) in [5.41, 5.74) is 3.39. The number of carbonyl (C=O) groups excluding carboxylic acids is 1. The van der Waals surface area contributed by atoms with Crippen LogP contribution in [0.4, 0.5) is 0 Å². The number of hydrogen-bond donors (Lipinski definition) is 1. The van der Waals surface area contributed by atoms with Crippen LogP contribution in [0.5, 0.6) is 0 Å². The fraction of sp³-hybridized carbons (Fsp3) is 0.375. The molecule has 1 aromatic heterocycles. The number of carbonyl (C=O) groups is 2. The van der Waals surface area contributed by atoms with Gasteiger partial charge in [0.25, 0.3) is 0 Å². The lowest BCUT2D eigenvalue weighted by atomic mass is 10.1. The first-order valence-electron chi connectivity index (χ1n) is 6.85. The minimum atomic E-state index is -0.926. The fourth-order valence-electron chi connectivity index (χ4n) is 2.50. The van der Waals surface area contributed by atoms with Gasteiger partial charge in [-0.2, -0.15) is 0 Å². The molecule has 5 heteroatoms. The van der Waals surface area contributed by atoms with Gasteiger partial charge in [-0.15, -0.1) is 0 Å². The molecule has 1 aromatic carbocycles. The molecule has 0 radical (unpaired) electrons. The molecule has 21 heavy (non-hydrogen) atoms. The van der Waals surface area contributed by atoms with E-state index in [0.717, 1.165) is 22.2 Å². The van der Waals surface area contributed by atoms with E-state index < -0.39 is 5.97 Å². The first kappa shape index (κ1) is 15.1. The van der Waals surface area contributed by atoms with Crippen molar-refractivity contribution in [2.24, 2.45) is 0 Å². The molecule has 0 saturated heterocycles. The Labute approximate surface area is 123 Å². The van der Waals surface area contributed by atoms with Crippen molar-refractivity contribution in [1.82, 2.24) is 9.47 Å². The highest BCUT2D eigenvalue weighted by molar-refractivity contribution is 5.95. The van der Waals surface area contributed by atoms with Crippen LogP contribution in [-0.2, 0) is 11.3 Å². The second-order valence-corrected chi connectivity index (χ2v) is 5.44. The van der Waals surface area contributed by atoms with E-state index in [4.69, 9.17) is 5.11 Å². The number of nitrogens with zero attached hydrogens (tertiary/aromatic N) is 2. The summed E-state index contributed by atoms with van der Waals surface area (Å²) < 4.78 is 2.08. The minimum Gasteiger partial charge on any atom is -0.478 e. The van der Waals surface area contributed by atoms with Gasteiger partial charge in [0.15, 0.2) is 0 Å². The Bertz CT molecular complexity index is 714. The molecule has 0 bridgehead atoms. The molecule has 0 atom stereocenters. The molecule has 1 amide bonds. The Kier molecular flexibility index (Phi) is 4.02. The molecule has 1 heterocycles. The number of aromatic nitrogens is 1. The molecule has 5 nitrogen and oxygen atoms in total. The van der Waals surface area contributed by atoms with Gasteiger partial charge in [-0.25, -0.2) is 4.79 Å². The van der Waals surface area contributed by atoms with Crippen LogP contribution in [0.2, 0.25) is 0 Å². The van der Waals surface area contributed by atoms with Crippen LogP contribution < -0.4 is 0 Å². The normalized spacial score (nSPS) is 10.9. The van der Waals surface area contributed by atoms with Gasteiger partial charge in [-0.1, -0.05) is 0 Å². The van der Waals surface area contributed by atoms with Crippen molar-refractivity contribution in [2.75, 3.05) is 14.1 Å². The van der Waals surface area contributed by atoms with Gasteiger partial charge < -0.3 is 14.6 Å². The lowest BCUT2D eigenvalue weighted by Crippen LogP contribution is -2.23. The van der Waals surface area contributed by atoms with Crippen molar-refractivity contribution in [1.29, 1.82) is 0 Å². The van der Waals surface area contributed by atoms with E-state index in [0.29, 0.717) is 13.0 Å². The number of rotatable bonds is 4. The SMILES string of the molecule is Cc1c(C)n(CCC(=O)N(C)C)c2ccc(C(=O)O)cc12. The third kappa shape index (κ3) is 2.77. The Morgan fingerprint density at radius 3 is 2.48 bits per heavy atom. The molecule has 112 valence electrons. The van der Waals surface area contributed by atoms with E-state index in [1.54, 1.807) is 31.1 Å². The number of carboxylic acids is 1. The first-order valence-corrected chi connectivity index (χ1v) is 6.85. The zero-order valence-corrected chi connectivity index (χ0v) is 12.8. The average molecular weight is 288 g/mol. The molecule has 1 N–H and O–H groups in total. The summed E-state index contributed by atoms with van der Waals surface area (Å²) in [5.74, 6) is -0.847. The van der Waals surface area contributed by atoms with Gasteiger partial charge >= 0.3 is 5.97 Å². The third-order valence-corrected chi connectivity index (χ3v) is 3.93. The monoisotopic (exact) mass is 288 g/mol. The Balaban J connectivity index is 2.43. The second-order valence-electron chi connectivity index (χ2n) is 5.44. The van der Waals surface area contributed by atoms with E-state index in [1.165, 1.54) is 0 Å². The molecule has 0 aliphatic rings. The second kappa shape index (κ2) is 5.60. The van der Waals surface area contributed by atoms with Crippen LogP contribution in [0.25, 0.3) is 10.9 Å². The molecule has 0 fully saturated rings. The zero-order chi connectivity index (χ0) is 15.7. The van der Waals surface area contributed by atoms with E-state index in [-0.39, 0.29) is 11.5 Å². The summed E-state index contributed by atoms with van der Waals surface area (Å²) in [6, 6.07) is 5.12. The maximum atomic E-state index is 11.7. The van der Waals surface area contributed by atoms with E-state index in [2.05, 4.69) is 4.57 Å². The smallest absolute Gasteiger partial charge is 0.335 e. The molecule has 2 rings (SSSR count). The standard InChI is InChI=1S/C16H20N2O3/c1-10-11(2)18(8-7-15(19)17(3)4)14-6-5-12(16(20)21)9-13(10)14/h5-6,9H,7-8H2,1-4H3,(H,20,21). The predicted molar refractivity (Wildman–Crippen MR) is 81.7 cm³/mol. The highest BCUT2D eigenvalue weighted by Gasteiger charge is 2.14. The van der Waals surface area contributed by atoms with Crippen LogP contribution >= 0.6 is 0 Å². The Hall–Kier alpha value is -2.30. The Morgan fingerprint density at radius 2 is 1.90 bits per heavy atom. The number of aromatic carboxylic acids is 1. The lowest BCUT2D eigenvalue weighted by molar-refractivity contribution is -0.128. The molecule has 2 aromatic rings. The van der Waals surface area contributed by atoms with Crippen molar-refractivity contribution >= 4 is 22.8 Å². The zero-order valence-electron chi connectivity index (χ0n) is 12.8. The van der Waals surface area contributed by atoms with Gasteiger partial charge in [-0.05, 0) is 37.6 Å². The van der Waals surface area contributed by atoms with Crippen molar-refractivity contribution in [3.63, 3.8) is 0 Å². The summed E-state index contributed by atoms with van der Waals surface area (Å²) >= 11 is 0. The molecule has 0 aliphatic heterocycles. The summed E-state index contributed by atoms with van der Waals surface area (Å²) in [4.78, 5) is 24.4. The first-order chi connectivity index (χ1) is 9.82. The lowest BCUT2D eigenvalue weighted by Gasteiger charge is -2.12. The number of carboxylic acid groups (broad SMARTS) is 1. The summed E-state index contributed by atoms with van der Waals surface area (Å²) in [7, 11) is 3.49. The van der Waals surface area contributed by atoms with Gasteiger partial charge in [0, 0.05) is 43.7 Å². The molecular formula is C16H20N2O3. The van der Waals surface area contributed by atoms with Crippen LogP contribution in [0.15, 0.2) is 18.2 Å². The fourth-order valence-corrected chi connectivity index (χ4v) is 2.50. The van der Waals surface area contributed by atoms with Crippen molar-refractivity contribution < 1.29 is 14.7 Å². The summed E-state index contributed by atoms with van der Waals surface area (Å²) in [6.07, 6.45) is 0.428. The van der Waals surface area contributed by atoms with Gasteiger partial charge in [0.1, 0.15) is 0 Å². The predicted octanol–water partition coefficient (Wildman–Crippen LogP) is 2.43. The molecule has 0 spiro atoms. The average Bonchev–Trinajstić information content (AvgIpc) is 2.68. The number of hydrogen-bond acceptors (Lipinski definition) is 2. The van der Waals surface area contributed by atoms with Crippen molar-refractivity contribution in [2.45, 2.75) is 26.8 Å². The minimum absolute atomic E-state index is 0.0797. The van der Waals surface area contributed by atoms with Gasteiger partial charge in [0.2, 0.25) is 5.91 Å². The van der Waals surface area contributed by atoms with Crippen LogP contribution in [0.3, 0.4) is 0 Å².